The minimum atomic E-state index is -4.41. The zero-order valence-corrected chi connectivity index (χ0v) is 12.6. The van der Waals surface area contributed by atoms with Gasteiger partial charge in [-0.05, 0) is 25.0 Å². The summed E-state index contributed by atoms with van der Waals surface area (Å²) in [4.78, 5) is 19.3. The van der Waals surface area contributed by atoms with E-state index in [2.05, 4.69) is 10.3 Å². The van der Waals surface area contributed by atoms with Crippen molar-refractivity contribution in [2.24, 2.45) is 0 Å². The van der Waals surface area contributed by atoms with Gasteiger partial charge in [-0.15, -0.1) is 0 Å². The summed E-state index contributed by atoms with van der Waals surface area (Å²) < 4.78 is 39.1. The third kappa shape index (κ3) is 4.13. The molecule has 3 rings (SSSR count). The molecule has 2 fully saturated rings. The Bertz CT molecular complexity index is 566. The molecule has 1 amide bonds. The second kappa shape index (κ2) is 6.35. The number of alkyl halides is 3. The van der Waals surface area contributed by atoms with Gasteiger partial charge in [-0.3, -0.25) is 9.69 Å². The van der Waals surface area contributed by atoms with E-state index in [0.29, 0.717) is 38.8 Å². The van der Waals surface area contributed by atoms with Crippen molar-refractivity contribution in [3.8, 4) is 0 Å². The normalized spacial score (nSPS) is 19.7. The maximum atomic E-state index is 13.0. The molecule has 0 radical (unpaired) electrons. The number of hydrogen-bond donors (Lipinski definition) is 1. The number of rotatable bonds is 4. The van der Waals surface area contributed by atoms with E-state index in [1.807, 2.05) is 4.90 Å². The van der Waals surface area contributed by atoms with E-state index < -0.39 is 11.7 Å². The van der Waals surface area contributed by atoms with Gasteiger partial charge in [0.25, 0.3) is 0 Å². The van der Waals surface area contributed by atoms with Crippen molar-refractivity contribution in [3.63, 3.8) is 0 Å². The average molecular weight is 328 g/mol. The highest BCUT2D eigenvalue weighted by Crippen LogP contribution is 2.35. The fourth-order valence-electron chi connectivity index (χ4n) is 2.69. The number of halogens is 3. The van der Waals surface area contributed by atoms with Gasteiger partial charge >= 0.3 is 6.18 Å². The molecule has 23 heavy (non-hydrogen) atoms. The molecule has 0 aromatic carbocycles. The third-order valence-corrected chi connectivity index (χ3v) is 4.07. The van der Waals surface area contributed by atoms with Crippen LogP contribution in [0.2, 0.25) is 0 Å². The summed E-state index contributed by atoms with van der Waals surface area (Å²) in [5.74, 6) is -0.0307. The van der Waals surface area contributed by atoms with E-state index in [0.717, 1.165) is 18.9 Å². The average Bonchev–Trinajstić information content (AvgIpc) is 3.31. The minimum Gasteiger partial charge on any atom is -0.354 e. The molecule has 1 aromatic rings. The van der Waals surface area contributed by atoms with Crippen molar-refractivity contribution >= 4 is 11.7 Å². The van der Waals surface area contributed by atoms with E-state index in [4.69, 9.17) is 0 Å². The van der Waals surface area contributed by atoms with Crippen LogP contribution in [-0.2, 0) is 11.0 Å². The Morgan fingerprint density at radius 3 is 2.57 bits per heavy atom. The molecule has 1 aliphatic carbocycles. The first-order valence-electron chi connectivity index (χ1n) is 7.72. The number of nitrogens with one attached hydrogen (secondary N) is 1. The fraction of sp³-hybridized carbons (Fsp3) is 0.600. The second-order valence-corrected chi connectivity index (χ2v) is 5.98. The van der Waals surface area contributed by atoms with Crippen LogP contribution >= 0.6 is 0 Å². The molecule has 1 aliphatic heterocycles. The molecule has 0 atom stereocenters. The number of nitrogens with zero attached hydrogens (tertiary/aromatic N) is 3. The zero-order valence-electron chi connectivity index (χ0n) is 12.6. The van der Waals surface area contributed by atoms with Gasteiger partial charge in [0.2, 0.25) is 5.91 Å². The van der Waals surface area contributed by atoms with Crippen LogP contribution in [-0.4, -0.2) is 54.6 Å². The van der Waals surface area contributed by atoms with Crippen molar-refractivity contribution < 1.29 is 18.0 Å². The van der Waals surface area contributed by atoms with Crippen LogP contribution in [0.1, 0.15) is 18.4 Å². The molecule has 0 spiro atoms. The lowest BCUT2D eigenvalue weighted by Crippen LogP contribution is -2.50. The standard InChI is InChI=1S/C15H19F3N4O/c16-15(17,18)12-2-1-5-19-14(12)22-8-6-21(7-9-22)10-13(23)20-11-3-4-11/h1-2,5,11H,3-4,6-10H2,(H,20,23). The molecule has 1 saturated heterocycles. The monoisotopic (exact) mass is 328 g/mol. The van der Waals surface area contributed by atoms with Gasteiger partial charge < -0.3 is 10.2 Å². The Kier molecular flexibility index (Phi) is 4.43. The highest BCUT2D eigenvalue weighted by atomic mass is 19.4. The van der Waals surface area contributed by atoms with Crippen LogP contribution in [0.3, 0.4) is 0 Å². The first kappa shape index (κ1) is 16.0. The van der Waals surface area contributed by atoms with E-state index in [9.17, 15) is 18.0 Å². The fourth-order valence-corrected chi connectivity index (χ4v) is 2.69. The summed E-state index contributed by atoms with van der Waals surface area (Å²) in [6.07, 6.45) is -0.955. The van der Waals surface area contributed by atoms with Crippen LogP contribution in [0.5, 0.6) is 0 Å². The number of hydrogen-bond acceptors (Lipinski definition) is 4. The third-order valence-electron chi connectivity index (χ3n) is 4.07. The Labute approximate surface area is 132 Å². The molecule has 8 heteroatoms. The predicted molar refractivity (Wildman–Crippen MR) is 79.1 cm³/mol. The largest absolute Gasteiger partial charge is 0.419 e. The van der Waals surface area contributed by atoms with Crippen LogP contribution in [0, 0.1) is 0 Å². The van der Waals surface area contributed by atoms with Crippen LogP contribution in [0.15, 0.2) is 18.3 Å². The zero-order chi connectivity index (χ0) is 16.4. The predicted octanol–water partition coefficient (Wildman–Crippen LogP) is 1.50. The number of piperazine rings is 1. The molecule has 126 valence electrons. The van der Waals surface area contributed by atoms with E-state index in [1.165, 1.54) is 12.3 Å². The first-order valence-corrected chi connectivity index (χ1v) is 7.72. The highest BCUT2D eigenvalue weighted by molar-refractivity contribution is 5.78. The smallest absolute Gasteiger partial charge is 0.354 e. The van der Waals surface area contributed by atoms with Gasteiger partial charge in [0, 0.05) is 38.4 Å². The number of pyridine rings is 1. The van der Waals surface area contributed by atoms with Gasteiger partial charge in [0.05, 0.1) is 12.1 Å². The SMILES string of the molecule is O=C(CN1CCN(c2ncccc2C(F)(F)F)CC1)NC1CC1. The second-order valence-electron chi connectivity index (χ2n) is 5.98. The number of amides is 1. The number of carbonyl (C=O) groups excluding carboxylic acids is 1. The number of anilines is 1. The topological polar surface area (TPSA) is 48.5 Å². The Balaban J connectivity index is 1.57. The molecule has 0 bridgehead atoms. The molecule has 1 aromatic heterocycles. The molecule has 2 aliphatic rings. The maximum absolute atomic E-state index is 13.0. The molecular formula is C15H19F3N4O. The summed E-state index contributed by atoms with van der Waals surface area (Å²) >= 11 is 0. The van der Waals surface area contributed by atoms with Crippen molar-refractivity contribution in [2.75, 3.05) is 37.6 Å². The molecular weight excluding hydrogens is 309 g/mol. The van der Waals surface area contributed by atoms with E-state index in [1.54, 1.807) is 4.90 Å². The Morgan fingerprint density at radius 2 is 1.96 bits per heavy atom. The Morgan fingerprint density at radius 1 is 1.26 bits per heavy atom. The molecule has 2 heterocycles. The maximum Gasteiger partial charge on any atom is 0.419 e. The summed E-state index contributed by atoms with van der Waals surface area (Å²) in [6, 6.07) is 2.68. The molecule has 1 saturated carbocycles. The van der Waals surface area contributed by atoms with Crippen molar-refractivity contribution in [1.82, 2.24) is 15.2 Å². The Hall–Kier alpha value is -1.83. The van der Waals surface area contributed by atoms with Crippen molar-refractivity contribution in [2.45, 2.75) is 25.1 Å². The number of carbonyl (C=O) groups is 1. The van der Waals surface area contributed by atoms with Crippen molar-refractivity contribution in [3.05, 3.63) is 23.9 Å². The lowest BCUT2D eigenvalue weighted by molar-refractivity contribution is -0.137. The number of aromatic nitrogens is 1. The van der Waals surface area contributed by atoms with Gasteiger partial charge in [0.1, 0.15) is 5.82 Å². The van der Waals surface area contributed by atoms with Gasteiger partial charge in [-0.2, -0.15) is 13.2 Å². The quantitative estimate of drug-likeness (QED) is 0.910. The summed E-state index contributed by atoms with van der Waals surface area (Å²) in [5, 5.41) is 2.92. The lowest BCUT2D eigenvalue weighted by atomic mass is 10.2. The summed E-state index contributed by atoms with van der Waals surface area (Å²) in [7, 11) is 0. The highest BCUT2D eigenvalue weighted by Gasteiger charge is 2.36. The molecule has 5 nitrogen and oxygen atoms in total. The van der Waals surface area contributed by atoms with Crippen LogP contribution in [0.25, 0.3) is 0 Å². The first-order chi connectivity index (χ1) is 10.9. The molecule has 0 unspecified atom stereocenters. The van der Waals surface area contributed by atoms with Crippen molar-refractivity contribution in [1.29, 1.82) is 0 Å². The van der Waals surface area contributed by atoms with E-state index >= 15 is 0 Å². The molecule has 1 N–H and O–H groups in total. The van der Waals surface area contributed by atoms with Crippen LogP contribution in [0.4, 0.5) is 19.0 Å². The van der Waals surface area contributed by atoms with Crippen LogP contribution < -0.4 is 10.2 Å². The van der Waals surface area contributed by atoms with E-state index in [-0.39, 0.29) is 11.7 Å². The van der Waals surface area contributed by atoms with Gasteiger partial charge in [0.15, 0.2) is 0 Å². The minimum absolute atomic E-state index is 0.00485. The lowest BCUT2D eigenvalue weighted by Gasteiger charge is -2.35. The summed E-state index contributed by atoms with van der Waals surface area (Å²) in [6.45, 7) is 2.25. The summed E-state index contributed by atoms with van der Waals surface area (Å²) in [5.41, 5.74) is -0.708. The van der Waals surface area contributed by atoms with Gasteiger partial charge in [-0.25, -0.2) is 4.98 Å². The van der Waals surface area contributed by atoms with Gasteiger partial charge in [-0.1, -0.05) is 0 Å².